The molecule has 9 heteroatoms. The van der Waals surface area contributed by atoms with E-state index in [0.717, 1.165) is 10.4 Å². The molecule has 0 saturated heterocycles. The number of nitro groups is 1. The maximum atomic E-state index is 13.1. The number of hydrogen-bond donors (Lipinski definition) is 1. The van der Waals surface area contributed by atoms with Crippen LogP contribution in [0.1, 0.15) is 10.4 Å². The SMILES string of the molecule is COc1ccc(-c2sc(NC(=O)c3ccc(F)cc3)nc2-c2ccc([N+](=O)[O-])cc2)cc1. The molecule has 1 amide bonds. The van der Waals surface area contributed by atoms with Crippen LogP contribution >= 0.6 is 11.3 Å². The maximum Gasteiger partial charge on any atom is 0.269 e. The molecule has 0 bridgehead atoms. The number of nitrogens with zero attached hydrogens (tertiary/aromatic N) is 2. The molecule has 0 radical (unpaired) electrons. The summed E-state index contributed by atoms with van der Waals surface area (Å²) >= 11 is 1.27. The number of anilines is 1. The van der Waals surface area contributed by atoms with Gasteiger partial charge in [0.15, 0.2) is 5.13 Å². The molecule has 0 atom stereocenters. The minimum absolute atomic E-state index is 0.0280. The fraction of sp³-hybridized carbons (Fsp3) is 0.0435. The molecule has 0 unspecified atom stereocenters. The number of carbonyl (C=O) groups excluding carboxylic acids is 1. The van der Waals surface area contributed by atoms with Crippen molar-refractivity contribution in [3.05, 3.63) is 94.3 Å². The number of carbonyl (C=O) groups is 1. The second-order valence-electron chi connectivity index (χ2n) is 6.69. The second-order valence-corrected chi connectivity index (χ2v) is 7.69. The van der Waals surface area contributed by atoms with E-state index in [2.05, 4.69) is 10.3 Å². The summed E-state index contributed by atoms with van der Waals surface area (Å²) in [5.41, 5.74) is 2.35. The highest BCUT2D eigenvalue weighted by molar-refractivity contribution is 7.19. The zero-order chi connectivity index (χ0) is 22.7. The van der Waals surface area contributed by atoms with E-state index in [4.69, 9.17) is 4.74 Å². The number of thiazole rings is 1. The molecule has 4 rings (SSSR count). The van der Waals surface area contributed by atoms with Crippen molar-refractivity contribution in [1.29, 1.82) is 0 Å². The largest absolute Gasteiger partial charge is 0.497 e. The van der Waals surface area contributed by atoms with E-state index in [1.165, 1.54) is 47.7 Å². The quantitative estimate of drug-likeness (QED) is 0.297. The first-order chi connectivity index (χ1) is 15.4. The molecule has 3 aromatic carbocycles. The third-order valence-electron chi connectivity index (χ3n) is 4.66. The number of aromatic nitrogens is 1. The first kappa shape index (κ1) is 21.1. The Morgan fingerprint density at radius 1 is 1.00 bits per heavy atom. The number of halogens is 1. The third kappa shape index (κ3) is 4.47. The minimum atomic E-state index is -0.469. The molecular weight excluding hydrogens is 433 g/mol. The molecule has 4 aromatic rings. The predicted molar refractivity (Wildman–Crippen MR) is 121 cm³/mol. The Kier molecular flexibility index (Phi) is 5.91. The van der Waals surface area contributed by atoms with E-state index in [9.17, 15) is 19.3 Å². The molecular formula is C23H16FN3O4S. The van der Waals surface area contributed by atoms with Gasteiger partial charge in [-0.1, -0.05) is 11.3 Å². The van der Waals surface area contributed by atoms with E-state index >= 15 is 0 Å². The molecule has 1 aromatic heterocycles. The van der Waals surface area contributed by atoms with Crippen LogP contribution < -0.4 is 10.1 Å². The lowest BCUT2D eigenvalue weighted by Gasteiger charge is -2.04. The van der Waals surface area contributed by atoms with Gasteiger partial charge in [-0.2, -0.15) is 0 Å². The van der Waals surface area contributed by atoms with Gasteiger partial charge in [0, 0.05) is 23.3 Å². The molecule has 0 aliphatic heterocycles. The van der Waals surface area contributed by atoms with E-state index < -0.39 is 16.6 Å². The van der Waals surface area contributed by atoms with Gasteiger partial charge < -0.3 is 4.74 Å². The van der Waals surface area contributed by atoms with E-state index in [0.29, 0.717) is 27.7 Å². The van der Waals surface area contributed by atoms with Crippen LogP contribution in [-0.4, -0.2) is 22.9 Å². The van der Waals surface area contributed by atoms with Gasteiger partial charge >= 0.3 is 0 Å². The third-order valence-corrected chi connectivity index (χ3v) is 5.68. The lowest BCUT2D eigenvalue weighted by Crippen LogP contribution is -2.11. The highest BCUT2D eigenvalue weighted by Gasteiger charge is 2.18. The van der Waals surface area contributed by atoms with Crippen molar-refractivity contribution in [2.75, 3.05) is 12.4 Å². The number of hydrogen-bond acceptors (Lipinski definition) is 6. The Balaban J connectivity index is 1.72. The maximum absolute atomic E-state index is 13.1. The first-order valence-electron chi connectivity index (χ1n) is 9.41. The lowest BCUT2D eigenvalue weighted by molar-refractivity contribution is -0.384. The molecule has 0 aliphatic rings. The fourth-order valence-electron chi connectivity index (χ4n) is 3.02. The Labute approximate surface area is 186 Å². The van der Waals surface area contributed by atoms with Gasteiger partial charge in [-0.3, -0.25) is 20.2 Å². The Morgan fingerprint density at radius 2 is 1.62 bits per heavy atom. The van der Waals surface area contributed by atoms with Gasteiger partial charge in [-0.05, 0) is 66.2 Å². The van der Waals surface area contributed by atoms with Gasteiger partial charge in [0.05, 0.1) is 22.6 Å². The molecule has 1 N–H and O–H groups in total. The predicted octanol–water partition coefficient (Wildman–Crippen LogP) is 5.79. The molecule has 32 heavy (non-hydrogen) atoms. The summed E-state index contributed by atoms with van der Waals surface area (Å²) in [6, 6.07) is 18.6. The van der Waals surface area contributed by atoms with Crippen molar-refractivity contribution < 1.29 is 18.8 Å². The van der Waals surface area contributed by atoms with Crippen molar-refractivity contribution in [1.82, 2.24) is 4.98 Å². The summed E-state index contributed by atoms with van der Waals surface area (Å²) < 4.78 is 18.4. The summed E-state index contributed by atoms with van der Waals surface area (Å²) in [6.45, 7) is 0. The number of rotatable bonds is 6. The highest BCUT2D eigenvalue weighted by atomic mass is 32.1. The Morgan fingerprint density at radius 3 is 2.22 bits per heavy atom. The average molecular weight is 449 g/mol. The van der Waals surface area contributed by atoms with Crippen molar-refractivity contribution in [3.8, 4) is 27.4 Å². The van der Waals surface area contributed by atoms with E-state index in [1.807, 2.05) is 24.3 Å². The number of amides is 1. The molecule has 0 spiro atoms. The van der Waals surface area contributed by atoms with Crippen LogP contribution in [0.5, 0.6) is 5.75 Å². The van der Waals surface area contributed by atoms with E-state index in [-0.39, 0.29) is 5.69 Å². The minimum Gasteiger partial charge on any atom is -0.497 e. The van der Waals surface area contributed by atoms with Crippen LogP contribution in [0.4, 0.5) is 15.2 Å². The lowest BCUT2D eigenvalue weighted by atomic mass is 10.1. The zero-order valence-electron chi connectivity index (χ0n) is 16.7. The first-order valence-corrected chi connectivity index (χ1v) is 10.2. The Bertz CT molecular complexity index is 1270. The monoisotopic (exact) mass is 449 g/mol. The number of methoxy groups -OCH3 is 1. The Hall–Kier alpha value is -4.11. The molecule has 160 valence electrons. The standard InChI is InChI=1S/C23H16FN3O4S/c1-31-19-12-6-15(7-13-19)21-20(14-4-10-18(11-5-14)27(29)30)25-23(32-21)26-22(28)16-2-8-17(24)9-3-16/h2-13H,1H3,(H,25,26,28). The van der Waals surface area contributed by atoms with Gasteiger partial charge in [0.1, 0.15) is 11.6 Å². The van der Waals surface area contributed by atoms with Crippen LogP contribution in [-0.2, 0) is 0 Å². The second kappa shape index (κ2) is 8.94. The molecule has 1 heterocycles. The molecule has 7 nitrogen and oxygen atoms in total. The summed E-state index contributed by atoms with van der Waals surface area (Å²) in [7, 11) is 1.58. The topological polar surface area (TPSA) is 94.4 Å². The molecule has 0 fully saturated rings. The van der Waals surface area contributed by atoms with Crippen molar-refractivity contribution in [2.45, 2.75) is 0 Å². The number of benzene rings is 3. The van der Waals surface area contributed by atoms with Crippen molar-refractivity contribution in [2.24, 2.45) is 0 Å². The van der Waals surface area contributed by atoms with Crippen LogP contribution in [0.15, 0.2) is 72.8 Å². The van der Waals surface area contributed by atoms with Crippen LogP contribution in [0.3, 0.4) is 0 Å². The summed E-state index contributed by atoms with van der Waals surface area (Å²) in [4.78, 5) is 28.4. The smallest absolute Gasteiger partial charge is 0.269 e. The average Bonchev–Trinajstić information content (AvgIpc) is 3.23. The van der Waals surface area contributed by atoms with Gasteiger partial charge in [-0.25, -0.2) is 9.37 Å². The summed E-state index contributed by atoms with van der Waals surface area (Å²) in [5.74, 6) is -0.159. The van der Waals surface area contributed by atoms with Gasteiger partial charge in [0.2, 0.25) is 0 Å². The van der Waals surface area contributed by atoms with Crippen LogP contribution in [0.25, 0.3) is 21.7 Å². The van der Waals surface area contributed by atoms with Crippen LogP contribution in [0.2, 0.25) is 0 Å². The van der Waals surface area contributed by atoms with Gasteiger partial charge in [-0.15, -0.1) is 0 Å². The zero-order valence-corrected chi connectivity index (χ0v) is 17.6. The van der Waals surface area contributed by atoms with Crippen molar-refractivity contribution in [3.63, 3.8) is 0 Å². The summed E-state index contributed by atoms with van der Waals surface area (Å²) in [5, 5.41) is 14.1. The normalized spacial score (nSPS) is 10.6. The highest BCUT2D eigenvalue weighted by Crippen LogP contribution is 2.40. The van der Waals surface area contributed by atoms with Gasteiger partial charge in [0.25, 0.3) is 11.6 Å². The van der Waals surface area contributed by atoms with Crippen LogP contribution in [0, 0.1) is 15.9 Å². The molecule has 0 aliphatic carbocycles. The van der Waals surface area contributed by atoms with Crippen molar-refractivity contribution >= 4 is 28.1 Å². The number of ether oxygens (including phenoxy) is 1. The summed E-state index contributed by atoms with van der Waals surface area (Å²) in [6.07, 6.45) is 0. The number of nitrogens with one attached hydrogen (secondary N) is 1. The number of nitro benzene ring substituents is 1. The fourth-order valence-corrected chi connectivity index (χ4v) is 4.01. The number of non-ortho nitro benzene ring substituents is 1. The van der Waals surface area contributed by atoms with E-state index in [1.54, 1.807) is 19.2 Å². The molecule has 0 saturated carbocycles.